The lowest BCUT2D eigenvalue weighted by Gasteiger charge is -2.33. The average molecular weight is 907 g/mol. The smallest absolute Gasteiger partial charge is 0.150 e. The minimum Gasteiger partial charge on any atom is -0.496 e. The van der Waals surface area contributed by atoms with Crippen molar-refractivity contribution in [2.75, 3.05) is 64.4 Å². The highest BCUT2D eigenvalue weighted by Crippen LogP contribution is 2.50. The summed E-state index contributed by atoms with van der Waals surface area (Å²) in [5.74, 6) is 3.65. The molecule has 332 valence electrons. The molecule has 0 N–H and O–H groups in total. The predicted octanol–water partition coefficient (Wildman–Crippen LogP) is 10.5. The zero-order valence-corrected chi connectivity index (χ0v) is 40.4. The zero-order chi connectivity index (χ0) is 45.6. The van der Waals surface area contributed by atoms with E-state index in [1.54, 1.807) is 14.2 Å². The summed E-state index contributed by atoms with van der Waals surface area (Å²) in [6, 6.07) is 64.9. The topological polar surface area (TPSA) is 43.4 Å². The summed E-state index contributed by atoms with van der Waals surface area (Å²) in [5, 5.41) is 7.64. The summed E-state index contributed by atoms with van der Waals surface area (Å²) >= 11 is 0. The average Bonchev–Trinajstić information content (AvgIpc) is 3.36. The molecular weight excluding hydrogens is 851 g/mol. The number of hydrogen-bond acceptors (Lipinski definition) is 6. The van der Waals surface area contributed by atoms with Gasteiger partial charge in [0, 0.05) is 36.3 Å². The minimum absolute atomic E-state index is 0.717. The van der Waals surface area contributed by atoms with Gasteiger partial charge in [-0.1, -0.05) is 158 Å². The molecule has 0 aliphatic carbocycles. The first-order valence-electron chi connectivity index (χ1n) is 22.5. The SMILES string of the molecule is COc1cccc(P(c2ccccc2)c2ccccc2)c1-c1c(OC)cccc1P(c1ccccc1)c1ccccc1.Cc1ccc2c(c1-c1c(C)ccc3c1OCCN3C)OCCN2C. The zero-order valence-electron chi connectivity index (χ0n) is 38.6. The Bertz CT molecular complexity index is 2640. The highest BCUT2D eigenvalue weighted by Gasteiger charge is 2.31. The van der Waals surface area contributed by atoms with Gasteiger partial charge in [0.25, 0.3) is 0 Å². The van der Waals surface area contributed by atoms with Crippen LogP contribution in [0.25, 0.3) is 22.3 Å². The minimum atomic E-state index is -0.898. The van der Waals surface area contributed by atoms with Crippen molar-refractivity contribution in [1.82, 2.24) is 0 Å². The molecule has 0 saturated carbocycles. The van der Waals surface area contributed by atoms with Crippen LogP contribution in [-0.4, -0.2) is 54.6 Å². The van der Waals surface area contributed by atoms with E-state index < -0.39 is 15.8 Å². The summed E-state index contributed by atoms with van der Waals surface area (Å²) in [4.78, 5) is 4.53. The van der Waals surface area contributed by atoms with E-state index in [-0.39, 0.29) is 0 Å². The molecule has 0 aromatic heterocycles. The molecule has 8 aromatic rings. The molecule has 0 spiro atoms. The van der Waals surface area contributed by atoms with Crippen molar-refractivity contribution in [3.8, 4) is 45.3 Å². The van der Waals surface area contributed by atoms with Crippen LogP contribution in [0.15, 0.2) is 182 Å². The molecule has 0 bridgehead atoms. The van der Waals surface area contributed by atoms with Crippen molar-refractivity contribution in [1.29, 1.82) is 0 Å². The van der Waals surface area contributed by atoms with Crippen LogP contribution in [0, 0.1) is 13.8 Å². The first-order chi connectivity index (χ1) is 32.4. The molecule has 0 fully saturated rings. The molecule has 6 nitrogen and oxygen atoms in total. The quantitative estimate of drug-likeness (QED) is 0.127. The van der Waals surface area contributed by atoms with Gasteiger partial charge in [-0.15, -0.1) is 0 Å². The first-order valence-corrected chi connectivity index (χ1v) is 25.2. The molecule has 0 saturated heterocycles. The third kappa shape index (κ3) is 8.89. The molecule has 0 amide bonds. The van der Waals surface area contributed by atoms with Gasteiger partial charge < -0.3 is 28.7 Å². The van der Waals surface area contributed by atoms with Gasteiger partial charge in [-0.3, -0.25) is 0 Å². The third-order valence-corrected chi connectivity index (χ3v) is 17.3. The standard InChI is InChI=1S/C38H32O2P2.C20H24N2O2/c1-39-33-25-15-27-35(41(29-17-7-3-8-18-29)30-19-9-4-10-20-30)37(33)38-34(40-2)26-16-28-36(38)42(31-21-11-5-12-22-31)32-23-13-6-14-24-32;1-13-5-7-15-19(23-11-9-21(15)3)17(13)18-14(2)6-8-16-20(18)24-12-10-22(16)4/h3-28H,1-2H3;5-8H,9-12H2,1-4H3. The van der Waals surface area contributed by atoms with E-state index in [9.17, 15) is 0 Å². The Morgan fingerprint density at radius 3 is 1.05 bits per heavy atom. The lowest BCUT2D eigenvalue weighted by Crippen LogP contribution is -2.30. The van der Waals surface area contributed by atoms with Crippen LogP contribution in [0.1, 0.15) is 11.1 Å². The van der Waals surface area contributed by atoms with E-state index in [0.717, 1.165) is 71.8 Å². The fourth-order valence-electron chi connectivity index (χ4n) is 9.08. The second-order valence-corrected chi connectivity index (χ2v) is 20.8. The fourth-order valence-corrected chi connectivity index (χ4v) is 14.0. The van der Waals surface area contributed by atoms with E-state index in [0.29, 0.717) is 0 Å². The molecule has 2 aliphatic heterocycles. The first kappa shape index (κ1) is 44.6. The summed E-state index contributed by atoms with van der Waals surface area (Å²) in [6.45, 7) is 7.57. The third-order valence-electron chi connectivity index (χ3n) is 12.3. The van der Waals surface area contributed by atoms with Crippen LogP contribution in [0.2, 0.25) is 0 Å². The lowest BCUT2D eigenvalue weighted by atomic mass is 9.92. The Morgan fingerprint density at radius 2 is 0.727 bits per heavy atom. The maximum atomic E-state index is 6.17. The van der Waals surface area contributed by atoms with Crippen molar-refractivity contribution in [3.63, 3.8) is 0 Å². The van der Waals surface area contributed by atoms with Gasteiger partial charge >= 0.3 is 0 Å². The van der Waals surface area contributed by atoms with Gasteiger partial charge in [-0.2, -0.15) is 0 Å². The number of benzene rings is 8. The number of hydrogen-bond donors (Lipinski definition) is 0. The van der Waals surface area contributed by atoms with Crippen molar-refractivity contribution in [2.45, 2.75) is 13.8 Å². The molecule has 8 aromatic carbocycles. The molecular formula is C58H56N2O4P2. The van der Waals surface area contributed by atoms with Crippen LogP contribution in [-0.2, 0) is 0 Å². The molecule has 0 unspecified atom stereocenters. The Morgan fingerprint density at radius 1 is 0.394 bits per heavy atom. The summed E-state index contributed by atoms with van der Waals surface area (Å²) < 4.78 is 24.6. The molecule has 2 aliphatic rings. The number of methoxy groups -OCH3 is 2. The maximum Gasteiger partial charge on any atom is 0.150 e. The molecule has 0 radical (unpaired) electrons. The van der Waals surface area contributed by atoms with Gasteiger partial charge in [0.2, 0.25) is 0 Å². The van der Waals surface area contributed by atoms with Gasteiger partial charge in [0.05, 0.1) is 38.7 Å². The largest absolute Gasteiger partial charge is 0.496 e. The molecule has 66 heavy (non-hydrogen) atoms. The maximum absolute atomic E-state index is 6.17. The molecule has 0 atom stereocenters. The van der Waals surface area contributed by atoms with Crippen LogP contribution < -0.4 is 60.6 Å². The Labute approximate surface area is 392 Å². The Hall–Kier alpha value is -6.58. The highest BCUT2D eigenvalue weighted by atomic mass is 31.1. The second-order valence-electron chi connectivity index (χ2n) is 16.5. The number of likely N-dealkylation sites (N-methyl/N-ethyl adjacent to an activating group) is 2. The van der Waals surface area contributed by atoms with Crippen molar-refractivity contribution >= 4 is 59.0 Å². The number of ether oxygens (including phenoxy) is 4. The molecule has 10 rings (SSSR count). The van der Waals surface area contributed by atoms with Crippen LogP contribution in [0.4, 0.5) is 11.4 Å². The number of anilines is 2. The Kier molecular flexibility index (Phi) is 13.7. The van der Waals surface area contributed by atoms with Crippen LogP contribution >= 0.6 is 15.8 Å². The monoisotopic (exact) mass is 906 g/mol. The van der Waals surface area contributed by atoms with E-state index in [2.05, 4.69) is 220 Å². The number of fused-ring (bicyclic) bond motifs is 2. The normalized spacial score (nSPS) is 12.9. The summed E-state index contributed by atoms with van der Waals surface area (Å²) in [6.07, 6.45) is 0. The van der Waals surface area contributed by atoms with Gasteiger partial charge in [0.1, 0.15) is 24.7 Å². The van der Waals surface area contributed by atoms with E-state index >= 15 is 0 Å². The van der Waals surface area contributed by atoms with Crippen LogP contribution in [0.3, 0.4) is 0 Å². The van der Waals surface area contributed by atoms with E-state index in [4.69, 9.17) is 18.9 Å². The van der Waals surface area contributed by atoms with E-state index in [1.807, 2.05) is 0 Å². The second kappa shape index (κ2) is 20.3. The number of nitrogens with zero attached hydrogens (tertiary/aromatic N) is 2. The predicted molar refractivity (Wildman–Crippen MR) is 281 cm³/mol. The summed E-state index contributed by atoms with van der Waals surface area (Å²) in [7, 11) is 5.98. The lowest BCUT2D eigenvalue weighted by molar-refractivity contribution is 0.307. The van der Waals surface area contributed by atoms with Crippen molar-refractivity contribution < 1.29 is 18.9 Å². The molecule has 8 heteroatoms. The summed E-state index contributed by atoms with van der Waals surface area (Å²) in [5.41, 5.74) is 9.27. The number of rotatable bonds is 10. The molecule has 2 heterocycles. The fraction of sp³-hybridized carbons (Fsp3) is 0.172. The van der Waals surface area contributed by atoms with Crippen molar-refractivity contribution in [3.05, 3.63) is 193 Å². The highest BCUT2D eigenvalue weighted by molar-refractivity contribution is 7.80. The Balaban J connectivity index is 0.000000192. The van der Waals surface area contributed by atoms with Crippen molar-refractivity contribution in [2.24, 2.45) is 0 Å². The van der Waals surface area contributed by atoms with Gasteiger partial charge in [-0.05, 0) is 96.9 Å². The van der Waals surface area contributed by atoms with Gasteiger partial charge in [0.15, 0.2) is 11.5 Å². The van der Waals surface area contributed by atoms with E-state index in [1.165, 1.54) is 54.1 Å². The van der Waals surface area contributed by atoms with Crippen LogP contribution in [0.5, 0.6) is 23.0 Å². The van der Waals surface area contributed by atoms with Gasteiger partial charge in [-0.25, -0.2) is 0 Å². The number of aryl methyl sites for hydroxylation is 2.